The van der Waals surface area contributed by atoms with Crippen molar-refractivity contribution in [1.29, 1.82) is 0 Å². The van der Waals surface area contributed by atoms with E-state index in [9.17, 15) is 0 Å². The maximum absolute atomic E-state index is 4.53. The minimum Gasteiger partial charge on any atom is -0.356 e. The van der Waals surface area contributed by atoms with Crippen LogP contribution >= 0.6 is 0 Å². The van der Waals surface area contributed by atoms with Crippen LogP contribution in [-0.2, 0) is 6.54 Å². The molecule has 1 N–H and O–H groups in total. The summed E-state index contributed by atoms with van der Waals surface area (Å²) < 4.78 is 2.23. The van der Waals surface area contributed by atoms with Crippen LogP contribution in [-0.4, -0.2) is 16.1 Å². The first-order chi connectivity index (χ1) is 7.99. The lowest BCUT2D eigenvalue weighted by molar-refractivity contribution is 0.524. The Bertz CT molecular complexity index is 326. The van der Waals surface area contributed by atoms with Crippen LogP contribution in [0.2, 0.25) is 0 Å². The topological polar surface area (TPSA) is 29.9 Å². The summed E-state index contributed by atoms with van der Waals surface area (Å²) in [6.45, 7) is 13.1. The zero-order valence-electron chi connectivity index (χ0n) is 12.0. The van der Waals surface area contributed by atoms with Gasteiger partial charge in [-0.2, -0.15) is 0 Å². The smallest absolute Gasteiger partial charge is 0.203 e. The molecule has 17 heavy (non-hydrogen) atoms. The Morgan fingerprint density at radius 1 is 1.24 bits per heavy atom. The van der Waals surface area contributed by atoms with E-state index in [4.69, 9.17) is 0 Å². The number of aryl methyl sites for hydroxylation is 1. The Morgan fingerprint density at radius 2 is 1.94 bits per heavy atom. The quantitative estimate of drug-likeness (QED) is 0.733. The number of aromatic nitrogens is 2. The van der Waals surface area contributed by atoms with Crippen molar-refractivity contribution < 1.29 is 0 Å². The molecular formula is C14H27N3. The van der Waals surface area contributed by atoms with E-state index in [1.165, 1.54) is 12.8 Å². The highest BCUT2D eigenvalue weighted by molar-refractivity contribution is 5.28. The maximum Gasteiger partial charge on any atom is 0.203 e. The third-order valence-electron chi connectivity index (χ3n) is 2.70. The summed E-state index contributed by atoms with van der Waals surface area (Å²) in [7, 11) is 0. The molecule has 0 amide bonds. The molecule has 0 aliphatic rings. The molecule has 0 aromatic carbocycles. The van der Waals surface area contributed by atoms with Gasteiger partial charge < -0.3 is 9.88 Å². The van der Waals surface area contributed by atoms with Gasteiger partial charge in [-0.3, -0.25) is 0 Å². The molecule has 0 fully saturated rings. The molecule has 0 unspecified atom stereocenters. The minimum absolute atomic E-state index is 0.653. The molecule has 1 rings (SSSR count). The summed E-state index contributed by atoms with van der Waals surface area (Å²) in [6.07, 6.45) is 4.62. The van der Waals surface area contributed by atoms with Crippen molar-refractivity contribution in [3.8, 4) is 0 Å². The van der Waals surface area contributed by atoms with E-state index in [1.54, 1.807) is 0 Å². The van der Waals surface area contributed by atoms with Crippen molar-refractivity contribution in [2.24, 2.45) is 11.8 Å². The van der Waals surface area contributed by atoms with Gasteiger partial charge in [-0.15, -0.1) is 0 Å². The Kier molecular flexibility index (Phi) is 5.52. The van der Waals surface area contributed by atoms with Crippen LogP contribution in [0.15, 0.2) is 6.20 Å². The maximum atomic E-state index is 4.53. The third-order valence-corrected chi connectivity index (χ3v) is 2.70. The van der Waals surface area contributed by atoms with E-state index < -0.39 is 0 Å². The number of nitrogens with zero attached hydrogens (tertiary/aromatic N) is 2. The van der Waals surface area contributed by atoms with Crippen LogP contribution in [0.1, 0.15) is 46.2 Å². The summed E-state index contributed by atoms with van der Waals surface area (Å²) in [4.78, 5) is 4.53. The zero-order valence-corrected chi connectivity index (χ0v) is 12.0. The van der Waals surface area contributed by atoms with E-state index in [1.807, 2.05) is 0 Å². The molecule has 3 heteroatoms. The molecule has 0 radical (unpaired) electrons. The summed E-state index contributed by atoms with van der Waals surface area (Å²) in [6, 6.07) is 0. The first-order valence-corrected chi connectivity index (χ1v) is 6.76. The summed E-state index contributed by atoms with van der Waals surface area (Å²) in [5.74, 6) is 2.47. The lowest BCUT2D eigenvalue weighted by atomic mass is 10.1. The monoisotopic (exact) mass is 237 g/mol. The van der Waals surface area contributed by atoms with E-state index >= 15 is 0 Å². The van der Waals surface area contributed by atoms with Crippen molar-refractivity contribution in [2.45, 2.75) is 54.0 Å². The molecule has 0 aliphatic heterocycles. The SMILES string of the molecule is Cc1cn(CC(C)C)c(NCCCC(C)C)n1. The Labute approximate surface area is 106 Å². The van der Waals surface area contributed by atoms with E-state index in [0.29, 0.717) is 5.92 Å². The molecule has 98 valence electrons. The van der Waals surface area contributed by atoms with Gasteiger partial charge in [-0.1, -0.05) is 27.7 Å². The van der Waals surface area contributed by atoms with Crippen LogP contribution in [0, 0.1) is 18.8 Å². The summed E-state index contributed by atoms with van der Waals surface area (Å²) >= 11 is 0. The van der Waals surface area contributed by atoms with Gasteiger partial charge in [-0.25, -0.2) is 4.98 Å². The predicted molar refractivity (Wildman–Crippen MR) is 74.4 cm³/mol. The van der Waals surface area contributed by atoms with Crippen LogP contribution in [0.25, 0.3) is 0 Å². The second kappa shape index (κ2) is 6.67. The van der Waals surface area contributed by atoms with Crippen LogP contribution in [0.5, 0.6) is 0 Å². The molecule has 1 aromatic rings. The number of imidazole rings is 1. The second-order valence-electron chi connectivity index (χ2n) is 5.71. The number of rotatable bonds is 7. The van der Waals surface area contributed by atoms with Gasteiger partial charge in [0, 0.05) is 19.3 Å². The zero-order chi connectivity index (χ0) is 12.8. The van der Waals surface area contributed by atoms with Gasteiger partial charge in [-0.05, 0) is 31.6 Å². The lowest BCUT2D eigenvalue weighted by Gasteiger charge is -2.12. The van der Waals surface area contributed by atoms with E-state index in [-0.39, 0.29) is 0 Å². The lowest BCUT2D eigenvalue weighted by Crippen LogP contribution is -2.11. The molecule has 0 aliphatic carbocycles. The van der Waals surface area contributed by atoms with Crippen molar-refractivity contribution >= 4 is 5.95 Å². The standard InChI is InChI=1S/C14H27N3/c1-11(2)7-6-8-15-14-16-13(5)10-17(14)9-12(3)4/h10-12H,6-9H2,1-5H3,(H,15,16). The van der Waals surface area contributed by atoms with Gasteiger partial charge in [0.2, 0.25) is 5.95 Å². The highest BCUT2D eigenvalue weighted by Gasteiger charge is 2.06. The van der Waals surface area contributed by atoms with Crippen molar-refractivity contribution in [3.63, 3.8) is 0 Å². The fourth-order valence-corrected chi connectivity index (χ4v) is 1.93. The van der Waals surface area contributed by atoms with E-state index in [2.05, 4.69) is 55.7 Å². The molecular weight excluding hydrogens is 210 g/mol. The van der Waals surface area contributed by atoms with Crippen LogP contribution in [0.3, 0.4) is 0 Å². The average molecular weight is 237 g/mol. The molecule has 0 spiro atoms. The Morgan fingerprint density at radius 3 is 2.53 bits per heavy atom. The van der Waals surface area contributed by atoms with Gasteiger partial charge >= 0.3 is 0 Å². The molecule has 0 atom stereocenters. The summed E-state index contributed by atoms with van der Waals surface area (Å²) in [5, 5.41) is 3.45. The highest BCUT2D eigenvalue weighted by Crippen LogP contribution is 2.12. The highest BCUT2D eigenvalue weighted by atomic mass is 15.2. The first-order valence-electron chi connectivity index (χ1n) is 6.76. The molecule has 0 bridgehead atoms. The van der Waals surface area contributed by atoms with Crippen molar-refractivity contribution in [1.82, 2.24) is 9.55 Å². The van der Waals surface area contributed by atoms with E-state index in [0.717, 1.165) is 30.6 Å². The van der Waals surface area contributed by atoms with Gasteiger partial charge in [0.25, 0.3) is 0 Å². The second-order valence-corrected chi connectivity index (χ2v) is 5.71. The first kappa shape index (κ1) is 14.1. The average Bonchev–Trinajstić information content (AvgIpc) is 2.52. The fraction of sp³-hybridized carbons (Fsp3) is 0.786. The minimum atomic E-state index is 0.653. The normalized spacial score (nSPS) is 11.5. The van der Waals surface area contributed by atoms with Crippen molar-refractivity contribution in [2.75, 3.05) is 11.9 Å². The molecule has 1 heterocycles. The molecule has 0 saturated heterocycles. The molecule has 1 aromatic heterocycles. The molecule has 0 saturated carbocycles. The van der Waals surface area contributed by atoms with Crippen LogP contribution in [0.4, 0.5) is 5.95 Å². The van der Waals surface area contributed by atoms with Gasteiger partial charge in [0.05, 0.1) is 5.69 Å². The summed E-state index contributed by atoms with van der Waals surface area (Å²) in [5.41, 5.74) is 1.09. The third kappa shape index (κ3) is 5.24. The van der Waals surface area contributed by atoms with Gasteiger partial charge in [0.1, 0.15) is 0 Å². The number of hydrogen-bond donors (Lipinski definition) is 1. The number of hydrogen-bond acceptors (Lipinski definition) is 2. The fourth-order valence-electron chi connectivity index (χ4n) is 1.93. The number of nitrogens with one attached hydrogen (secondary N) is 1. The largest absolute Gasteiger partial charge is 0.356 e. The van der Waals surface area contributed by atoms with Gasteiger partial charge in [0.15, 0.2) is 0 Å². The number of anilines is 1. The molecule has 3 nitrogen and oxygen atoms in total. The predicted octanol–water partition coefficient (Wildman–Crippen LogP) is 3.70. The van der Waals surface area contributed by atoms with Crippen LogP contribution < -0.4 is 5.32 Å². The Hall–Kier alpha value is -0.990. The Balaban J connectivity index is 2.46. The van der Waals surface area contributed by atoms with Crippen molar-refractivity contribution in [3.05, 3.63) is 11.9 Å².